The van der Waals surface area contributed by atoms with Crippen LogP contribution in [0, 0.1) is 10.1 Å². The van der Waals surface area contributed by atoms with Crippen LogP contribution in [0.3, 0.4) is 0 Å². The second-order valence-electron chi connectivity index (χ2n) is 7.41. The molecule has 0 N–H and O–H groups in total. The zero-order valence-electron chi connectivity index (χ0n) is 18.1. The Kier molecular flexibility index (Phi) is 8.13. The zero-order chi connectivity index (χ0) is 23.6. The smallest absolute Gasteiger partial charge is 0.270 e. The van der Waals surface area contributed by atoms with E-state index in [0.29, 0.717) is 18.7 Å². The van der Waals surface area contributed by atoms with Crippen LogP contribution in [0.2, 0.25) is 0 Å². The van der Waals surface area contributed by atoms with E-state index in [1.54, 1.807) is 23.3 Å². The molecule has 0 saturated carbocycles. The average Bonchev–Trinajstić information content (AvgIpc) is 3.35. The minimum atomic E-state index is -0.561. The second-order valence-corrected chi connectivity index (χ2v) is 7.41. The Balaban J connectivity index is 1.76. The van der Waals surface area contributed by atoms with Crippen molar-refractivity contribution in [1.29, 1.82) is 0 Å². The number of non-ortho nitro benzene ring substituents is 1. The number of furan rings is 1. The van der Waals surface area contributed by atoms with Gasteiger partial charge in [0, 0.05) is 30.8 Å². The lowest BCUT2D eigenvalue weighted by Crippen LogP contribution is -2.43. The van der Waals surface area contributed by atoms with Crippen LogP contribution in [0.25, 0.3) is 0 Å². The summed E-state index contributed by atoms with van der Waals surface area (Å²) >= 11 is 0. The Morgan fingerprint density at radius 3 is 2.48 bits per heavy atom. The van der Waals surface area contributed by atoms with Crippen LogP contribution < -0.4 is 0 Å². The Morgan fingerprint density at radius 1 is 1.03 bits per heavy atom. The van der Waals surface area contributed by atoms with Gasteiger partial charge >= 0.3 is 0 Å². The second kappa shape index (κ2) is 11.4. The lowest BCUT2D eigenvalue weighted by atomic mass is 10.1. The van der Waals surface area contributed by atoms with Gasteiger partial charge < -0.3 is 14.2 Å². The molecule has 0 aliphatic heterocycles. The van der Waals surface area contributed by atoms with E-state index in [-0.39, 0.29) is 36.8 Å². The van der Waals surface area contributed by atoms with Crippen molar-refractivity contribution in [2.75, 3.05) is 19.6 Å². The van der Waals surface area contributed by atoms with Crippen LogP contribution in [0.5, 0.6) is 0 Å². The van der Waals surface area contributed by atoms with Crippen molar-refractivity contribution in [3.8, 4) is 0 Å². The molecule has 8 nitrogen and oxygen atoms in total. The summed E-state index contributed by atoms with van der Waals surface area (Å²) < 4.78 is 5.42. The summed E-state index contributed by atoms with van der Waals surface area (Å²) in [7, 11) is 0. The van der Waals surface area contributed by atoms with E-state index in [1.807, 2.05) is 30.3 Å². The molecule has 0 aliphatic carbocycles. The van der Waals surface area contributed by atoms with Crippen LogP contribution in [0.15, 0.2) is 90.1 Å². The number of nitro groups is 1. The third-order valence-corrected chi connectivity index (χ3v) is 5.06. The minimum absolute atomic E-state index is 0.126. The number of rotatable bonds is 11. The van der Waals surface area contributed by atoms with Crippen molar-refractivity contribution >= 4 is 17.5 Å². The van der Waals surface area contributed by atoms with Gasteiger partial charge in [0.05, 0.1) is 17.7 Å². The summed E-state index contributed by atoms with van der Waals surface area (Å²) in [6.45, 7) is 4.31. The first-order valence-corrected chi connectivity index (χ1v) is 10.5. The Bertz CT molecular complexity index is 1100. The fourth-order valence-electron chi connectivity index (χ4n) is 3.36. The molecule has 2 aromatic carbocycles. The first-order valence-electron chi connectivity index (χ1n) is 10.5. The monoisotopic (exact) mass is 447 g/mol. The maximum absolute atomic E-state index is 13.2. The maximum Gasteiger partial charge on any atom is 0.270 e. The topological polar surface area (TPSA) is 96.9 Å². The summed E-state index contributed by atoms with van der Waals surface area (Å²) in [4.78, 5) is 39.7. The number of nitrogens with zero attached hydrogens (tertiary/aromatic N) is 3. The molecule has 0 saturated heterocycles. The molecule has 0 atom stereocenters. The first-order chi connectivity index (χ1) is 16.0. The van der Waals surface area contributed by atoms with Gasteiger partial charge in [0.2, 0.25) is 5.91 Å². The number of hydrogen-bond donors (Lipinski definition) is 0. The molecule has 1 heterocycles. The molecule has 0 unspecified atom stereocenters. The van der Waals surface area contributed by atoms with Gasteiger partial charge in [-0.3, -0.25) is 19.7 Å². The van der Waals surface area contributed by atoms with Gasteiger partial charge in [0.25, 0.3) is 11.6 Å². The number of amides is 2. The van der Waals surface area contributed by atoms with Gasteiger partial charge in [-0.25, -0.2) is 0 Å². The van der Waals surface area contributed by atoms with Crippen molar-refractivity contribution in [1.82, 2.24) is 9.80 Å². The fraction of sp³-hybridized carbons (Fsp3) is 0.200. The summed E-state index contributed by atoms with van der Waals surface area (Å²) in [5, 5.41) is 11.1. The Morgan fingerprint density at radius 2 is 1.82 bits per heavy atom. The SMILES string of the molecule is C=CCN(CC(=O)N(CCc1ccccc1)Cc1ccco1)C(=O)c1cccc([N+](=O)[O-])c1. The maximum atomic E-state index is 13.2. The van der Waals surface area contributed by atoms with Crippen molar-refractivity contribution in [3.05, 3.63) is 113 Å². The fourth-order valence-corrected chi connectivity index (χ4v) is 3.36. The molecule has 0 radical (unpaired) electrons. The highest BCUT2D eigenvalue weighted by Crippen LogP contribution is 2.16. The molecule has 8 heteroatoms. The quantitative estimate of drug-likeness (QED) is 0.251. The number of benzene rings is 2. The van der Waals surface area contributed by atoms with E-state index in [2.05, 4.69) is 6.58 Å². The Hall–Kier alpha value is -4.20. The van der Waals surface area contributed by atoms with Gasteiger partial charge in [0.15, 0.2) is 0 Å². The highest BCUT2D eigenvalue weighted by atomic mass is 16.6. The molecule has 0 aliphatic rings. The van der Waals surface area contributed by atoms with Crippen LogP contribution in [0.4, 0.5) is 5.69 Å². The van der Waals surface area contributed by atoms with E-state index in [9.17, 15) is 19.7 Å². The molecular weight excluding hydrogens is 422 g/mol. The van der Waals surface area contributed by atoms with Crippen LogP contribution in [0.1, 0.15) is 21.7 Å². The minimum Gasteiger partial charge on any atom is -0.467 e. The zero-order valence-corrected chi connectivity index (χ0v) is 18.1. The third kappa shape index (κ3) is 6.64. The lowest BCUT2D eigenvalue weighted by molar-refractivity contribution is -0.384. The average molecular weight is 447 g/mol. The highest BCUT2D eigenvalue weighted by molar-refractivity contribution is 5.97. The van der Waals surface area contributed by atoms with Crippen molar-refractivity contribution in [2.45, 2.75) is 13.0 Å². The van der Waals surface area contributed by atoms with Gasteiger partial charge in [-0.2, -0.15) is 0 Å². The summed E-state index contributed by atoms with van der Waals surface area (Å²) in [5.41, 5.74) is 1.04. The molecular formula is C25H25N3O5. The molecule has 3 aromatic rings. The summed E-state index contributed by atoms with van der Waals surface area (Å²) in [5.74, 6) is -0.104. The third-order valence-electron chi connectivity index (χ3n) is 5.06. The van der Waals surface area contributed by atoms with E-state index in [0.717, 1.165) is 5.56 Å². The van der Waals surface area contributed by atoms with E-state index in [4.69, 9.17) is 4.42 Å². The molecule has 33 heavy (non-hydrogen) atoms. The standard InChI is InChI=1S/C25H25N3O5/c1-2-14-27(25(30)21-10-6-11-22(17-21)28(31)32)19-24(29)26(18-23-12-7-16-33-23)15-13-20-8-4-3-5-9-20/h2-12,16-17H,1,13-15,18-19H2. The molecule has 0 spiro atoms. The van der Waals surface area contributed by atoms with Crippen LogP contribution in [-0.4, -0.2) is 46.2 Å². The van der Waals surface area contributed by atoms with Crippen molar-refractivity contribution < 1.29 is 18.9 Å². The van der Waals surface area contributed by atoms with E-state index < -0.39 is 10.8 Å². The highest BCUT2D eigenvalue weighted by Gasteiger charge is 2.23. The first kappa shape index (κ1) is 23.5. The summed E-state index contributed by atoms with van der Waals surface area (Å²) in [6.07, 6.45) is 3.71. The number of carbonyl (C=O) groups excluding carboxylic acids is 2. The van der Waals surface area contributed by atoms with Gasteiger partial charge in [-0.15, -0.1) is 6.58 Å². The predicted molar refractivity (Wildman–Crippen MR) is 123 cm³/mol. The molecule has 1 aromatic heterocycles. The van der Waals surface area contributed by atoms with E-state index in [1.165, 1.54) is 35.2 Å². The number of carbonyl (C=O) groups is 2. The van der Waals surface area contributed by atoms with Crippen LogP contribution in [-0.2, 0) is 17.8 Å². The number of nitro benzene ring substituents is 1. The molecule has 0 fully saturated rings. The van der Waals surface area contributed by atoms with Gasteiger partial charge in [0.1, 0.15) is 12.3 Å². The molecule has 0 bridgehead atoms. The number of hydrogen-bond acceptors (Lipinski definition) is 5. The van der Waals surface area contributed by atoms with Gasteiger partial charge in [-0.05, 0) is 30.2 Å². The van der Waals surface area contributed by atoms with Crippen molar-refractivity contribution in [2.24, 2.45) is 0 Å². The van der Waals surface area contributed by atoms with Crippen LogP contribution >= 0.6 is 0 Å². The Labute approximate surface area is 191 Å². The van der Waals surface area contributed by atoms with Gasteiger partial charge in [-0.1, -0.05) is 42.5 Å². The molecule has 3 rings (SSSR count). The predicted octanol–water partition coefficient (Wildman–Crippen LogP) is 4.09. The lowest BCUT2D eigenvalue weighted by Gasteiger charge is -2.27. The largest absolute Gasteiger partial charge is 0.467 e. The van der Waals surface area contributed by atoms with E-state index >= 15 is 0 Å². The molecule has 2 amide bonds. The summed E-state index contributed by atoms with van der Waals surface area (Å²) in [6, 6.07) is 18.8. The normalized spacial score (nSPS) is 10.4. The molecule has 170 valence electrons. The van der Waals surface area contributed by atoms with Crippen molar-refractivity contribution in [3.63, 3.8) is 0 Å².